The average Bonchev–Trinajstić information content (AvgIpc) is 2.56. The first kappa shape index (κ1) is 27.2. The Kier molecular flexibility index (Phi) is 9.52. The van der Waals surface area contributed by atoms with Crippen LogP contribution in [0.4, 0.5) is 0 Å². The maximum absolute atomic E-state index is 11.9. The molecule has 1 fully saturated rings. The second-order valence-corrected chi connectivity index (χ2v) is 9.55. The number of phosphoric ester groups is 3. The Labute approximate surface area is 162 Å². The van der Waals surface area contributed by atoms with Gasteiger partial charge in [-0.1, -0.05) is 0 Å². The molecule has 8 atom stereocenters. The molecule has 0 amide bonds. The Hall–Kier alpha value is 0.130. The van der Waals surface area contributed by atoms with Gasteiger partial charge in [0.1, 0.15) is 42.7 Å². The van der Waals surface area contributed by atoms with Crippen LogP contribution in [0.15, 0.2) is 0 Å². The summed E-state index contributed by atoms with van der Waals surface area (Å²) in [5.41, 5.74) is 0. The maximum Gasteiger partial charge on any atom is 0.472 e. The van der Waals surface area contributed by atoms with E-state index in [2.05, 4.69) is 18.1 Å². The number of phosphoric acid groups is 3. The zero-order chi connectivity index (χ0) is 22.8. The van der Waals surface area contributed by atoms with Gasteiger partial charge in [0.2, 0.25) is 0 Å². The van der Waals surface area contributed by atoms with Crippen molar-refractivity contribution in [2.24, 2.45) is 0 Å². The summed E-state index contributed by atoms with van der Waals surface area (Å²) in [6.45, 7) is -1.81. The van der Waals surface area contributed by atoms with Crippen LogP contribution in [0.5, 0.6) is 0 Å². The van der Waals surface area contributed by atoms with Gasteiger partial charge in [-0.15, -0.1) is 0 Å². The molecule has 1 aliphatic carbocycles. The van der Waals surface area contributed by atoms with E-state index in [1.165, 1.54) is 0 Å². The fraction of sp³-hybridized carbons (Fsp3) is 1.00. The van der Waals surface area contributed by atoms with Gasteiger partial charge in [0.05, 0.1) is 13.2 Å². The van der Waals surface area contributed by atoms with Gasteiger partial charge in [-0.25, -0.2) is 13.7 Å². The van der Waals surface area contributed by atoms with Crippen molar-refractivity contribution in [2.75, 3.05) is 13.2 Å². The van der Waals surface area contributed by atoms with Crippen LogP contribution in [0.2, 0.25) is 0 Å². The van der Waals surface area contributed by atoms with Crippen LogP contribution in [0.25, 0.3) is 0 Å². The van der Waals surface area contributed by atoms with Crippen molar-refractivity contribution >= 4 is 23.5 Å². The van der Waals surface area contributed by atoms with E-state index >= 15 is 0 Å². The van der Waals surface area contributed by atoms with Crippen molar-refractivity contribution in [2.45, 2.75) is 42.7 Å². The van der Waals surface area contributed by atoms with Crippen molar-refractivity contribution < 1.29 is 81.8 Å². The van der Waals surface area contributed by atoms with Gasteiger partial charge >= 0.3 is 23.5 Å². The van der Waals surface area contributed by atoms with Gasteiger partial charge in [-0.05, 0) is 0 Å². The molecule has 1 saturated carbocycles. The minimum Gasteiger partial charge on any atom is -0.394 e. The molecule has 29 heavy (non-hydrogen) atoms. The predicted octanol–water partition coefficient (Wildman–Crippen LogP) is -4.11. The highest BCUT2D eigenvalue weighted by atomic mass is 31.2. The molecule has 0 saturated heterocycles. The van der Waals surface area contributed by atoms with Gasteiger partial charge < -0.3 is 50.0 Å². The van der Waals surface area contributed by atoms with Crippen LogP contribution in [-0.4, -0.2) is 106 Å². The lowest BCUT2D eigenvalue weighted by atomic mass is 9.85. The number of rotatable bonds is 10. The third kappa shape index (κ3) is 8.65. The van der Waals surface area contributed by atoms with Crippen molar-refractivity contribution in [1.29, 1.82) is 0 Å². The van der Waals surface area contributed by atoms with Crippen LogP contribution >= 0.6 is 23.5 Å². The van der Waals surface area contributed by atoms with Gasteiger partial charge in [0.25, 0.3) is 0 Å². The normalized spacial score (nSPS) is 34.6. The first-order chi connectivity index (χ1) is 13.0. The molecule has 0 bridgehead atoms. The Morgan fingerprint density at radius 3 is 1.55 bits per heavy atom. The highest BCUT2D eigenvalue weighted by molar-refractivity contribution is 7.47. The van der Waals surface area contributed by atoms with Gasteiger partial charge in [0, 0.05) is 0 Å². The summed E-state index contributed by atoms with van der Waals surface area (Å²) in [6.07, 6.45) is -16.2. The molecule has 0 aromatic carbocycles. The molecule has 20 heteroatoms. The molecule has 0 aromatic rings. The van der Waals surface area contributed by atoms with Crippen LogP contribution in [0, 0.1) is 0 Å². The third-order valence-corrected chi connectivity index (χ3v) is 5.46. The monoisotopic (exact) mass is 494 g/mol. The first-order valence-electron chi connectivity index (χ1n) is 7.44. The molecule has 174 valence electrons. The van der Waals surface area contributed by atoms with Crippen LogP contribution in [-0.2, 0) is 31.8 Å². The Bertz CT molecular complexity index is 673. The van der Waals surface area contributed by atoms with E-state index in [0.29, 0.717) is 0 Å². The lowest BCUT2D eigenvalue weighted by molar-refractivity contribution is -0.213. The van der Waals surface area contributed by atoms with Gasteiger partial charge in [-0.2, -0.15) is 0 Å². The molecule has 17 nitrogen and oxygen atoms in total. The average molecular weight is 494 g/mol. The molecule has 0 aliphatic heterocycles. The van der Waals surface area contributed by atoms with Crippen molar-refractivity contribution in [3.05, 3.63) is 0 Å². The summed E-state index contributed by atoms with van der Waals surface area (Å²) in [4.78, 5) is 45.1. The van der Waals surface area contributed by atoms with Crippen molar-refractivity contribution in [3.8, 4) is 0 Å². The smallest absolute Gasteiger partial charge is 0.394 e. The van der Waals surface area contributed by atoms with Crippen LogP contribution < -0.4 is 0 Å². The van der Waals surface area contributed by atoms with Crippen LogP contribution in [0.1, 0.15) is 0 Å². The summed E-state index contributed by atoms with van der Waals surface area (Å²) in [5.74, 6) is 0. The minimum absolute atomic E-state index is 0.868. The third-order valence-electron chi connectivity index (χ3n) is 3.43. The second kappa shape index (κ2) is 10.2. The molecule has 0 aromatic heterocycles. The summed E-state index contributed by atoms with van der Waals surface area (Å²) in [7, 11) is -16.2. The van der Waals surface area contributed by atoms with E-state index in [0.717, 1.165) is 0 Å². The first-order valence-corrected chi connectivity index (χ1v) is 12.0. The fourth-order valence-corrected chi connectivity index (χ4v) is 4.37. The lowest BCUT2D eigenvalue weighted by Crippen LogP contribution is -2.65. The van der Waals surface area contributed by atoms with E-state index < -0.39 is 79.4 Å². The zero-order valence-electron chi connectivity index (χ0n) is 14.1. The Morgan fingerprint density at radius 2 is 1.14 bits per heavy atom. The van der Waals surface area contributed by atoms with E-state index in [1.807, 2.05) is 0 Å². The molecule has 1 aliphatic rings. The highest BCUT2D eigenvalue weighted by Gasteiger charge is 2.56. The maximum atomic E-state index is 11.9. The molecule has 2 unspecified atom stereocenters. The summed E-state index contributed by atoms with van der Waals surface area (Å²) < 4.78 is 51.0. The Balaban J connectivity index is 3.13. The molecular formula is C9H21O17P3. The van der Waals surface area contributed by atoms with Crippen molar-refractivity contribution in [3.63, 3.8) is 0 Å². The van der Waals surface area contributed by atoms with Crippen LogP contribution in [0.3, 0.4) is 0 Å². The van der Waals surface area contributed by atoms with Gasteiger partial charge in [0.15, 0.2) is 0 Å². The van der Waals surface area contributed by atoms with E-state index in [-0.39, 0.29) is 0 Å². The van der Waals surface area contributed by atoms with E-state index in [4.69, 9.17) is 29.8 Å². The molecule has 0 radical (unpaired) electrons. The quantitative estimate of drug-likeness (QED) is 0.129. The highest BCUT2D eigenvalue weighted by Crippen LogP contribution is 2.51. The fourth-order valence-electron chi connectivity index (χ4n) is 2.27. The number of aliphatic hydroxyl groups is 5. The molecule has 10 N–H and O–H groups in total. The number of aliphatic hydroxyl groups excluding tert-OH is 5. The number of hydrogen-bond acceptors (Lipinski definition) is 12. The minimum atomic E-state index is -5.49. The standard InChI is InChI=1S/C9H21O17P3/c10-1-3(11)2-23-29(21,22)26-7-4(12)5(13)8(24-27(15,16)17)9(6(7)14)25-28(18,19)20/h3-14H,1-2H2,(H,21,22)(H2,15,16,17)(H2,18,19,20)/t3-,4-,5+,6+,7?,8-,9-/m1/s1. The zero-order valence-corrected chi connectivity index (χ0v) is 16.8. The van der Waals surface area contributed by atoms with Gasteiger partial charge in [-0.3, -0.25) is 18.1 Å². The lowest BCUT2D eigenvalue weighted by Gasteiger charge is -2.44. The largest absolute Gasteiger partial charge is 0.472 e. The summed E-state index contributed by atoms with van der Waals surface area (Å²) in [6, 6.07) is 0. The predicted molar refractivity (Wildman–Crippen MR) is 85.6 cm³/mol. The number of hydrogen-bond donors (Lipinski definition) is 10. The molecule has 0 heterocycles. The van der Waals surface area contributed by atoms with E-state index in [1.54, 1.807) is 0 Å². The van der Waals surface area contributed by atoms with Crippen molar-refractivity contribution in [1.82, 2.24) is 0 Å². The molecule has 0 spiro atoms. The molecular weight excluding hydrogens is 473 g/mol. The Morgan fingerprint density at radius 1 is 0.724 bits per heavy atom. The second-order valence-electron chi connectivity index (χ2n) is 5.76. The topological polar surface area (TPSA) is 290 Å². The van der Waals surface area contributed by atoms with E-state index in [9.17, 15) is 33.9 Å². The summed E-state index contributed by atoms with van der Waals surface area (Å²) in [5, 5.41) is 47.8. The SMILES string of the molecule is O=P(O)(O)O[C@@H]1[C@@H](O)[C@@H](O)C(OP(=O)(O)OC[C@H](O)CO)[C@H](O)[C@H]1OP(=O)(O)O. The summed E-state index contributed by atoms with van der Waals surface area (Å²) >= 11 is 0. The molecule has 1 rings (SSSR count).